The standard InChI is InChI=1S/C15H18Cl2N.ClHO4/c16-12-7-4-8-13(17)15(12)14-9-3-6-11-5-1-2-10-18(11)14;2-1(3,4)5/h4,7-8,11H,1-3,5-6,9-10H2;(H,2,3,4,5)/q+1;/p-1. The lowest BCUT2D eigenvalue weighted by Crippen LogP contribution is -2.68. The molecule has 0 aliphatic carbocycles. The largest absolute Gasteiger partial charge is 0.230 e. The van der Waals surface area contributed by atoms with Crippen LogP contribution in [0.15, 0.2) is 18.2 Å². The van der Waals surface area contributed by atoms with Crippen LogP contribution < -0.4 is 18.6 Å². The van der Waals surface area contributed by atoms with Crippen LogP contribution in [0.25, 0.3) is 0 Å². The second-order valence-electron chi connectivity index (χ2n) is 5.66. The molecule has 0 bridgehead atoms. The van der Waals surface area contributed by atoms with Crippen LogP contribution in [0, 0.1) is 10.2 Å². The summed E-state index contributed by atoms with van der Waals surface area (Å²) in [5.74, 6) is 0. The van der Waals surface area contributed by atoms with Crippen molar-refractivity contribution in [3.05, 3.63) is 33.8 Å². The van der Waals surface area contributed by atoms with Crippen LogP contribution >= 0.6 is 23.2 Å². The number of rotatable bonds is 1. The average Bonchev–Trinajstić information content (AvgIpc) is 2.45. The molecular formula is C15H18Cl3NO4. The summed E-state index contributed by atoms with van der Waals surface area (Å²) in [5.41, 5.74) is 2.45. The summed E-state index contributed by atoms with van der Waals surface area (Å²) in [6.45, 7) is 1.17. The van der Waals surface area contributed by atoms with Gasteiger partial charge in [0.2, 0.25) is 0 Å². The van der Waals surface area contributed by atoms with Gasteiger partial charge in [0.15, 0.2) is 11.8 Å². The van der Waals surface area contributed by atoms with E-state index in [1.807, 2.05) is 18.2 Å². The van der Waals surface area contributed by atoms with Gasteiger partial charge in [0.1, 0.15) is 6.54 Å². The van der Waals surface area contributed by atoms with E-state index < -0.39 is 10.2 Å². The Morgan fingerprint density at radius 2 is 1.52 bits per heavy atom. The molecule has 2 aliphatic rings. The minimum absolute atomic E-state index is 0.717. The van der Waals surface area contributed by atoms with E-state index in [2.05, 4.69) is 4.58 Å². The molecule has 1 aromatic carbocycles. The Labute approximate surface area is 147 Å². The maximum Gasteiger partial charge on any atom is 0.186 e. The number of fused-ring (bicyclic) bond motifs is 1. The molecule has 0 aromatic heterocycles. The van der Waals surface area contributed by atoms with Gasteiger partial charge in [-0.3, -0.25) is 0 Å². The predicted octanol–water partition coefficient (Wildman–Crippen LogP) is -0.225. The van der Waals surface area contributed by atoms with Gasteiger partial charge >= 0.3 is 0 Å². The van der Waals surface area contributed by atoms with E-state index >= 15 is 0 Å². The maximum atomic E-state index is 8.49. The highest BCUT2D eigenvalue weighted by atomic mass is 35.7. The van der Waals surface area contributed by atoms with Crippen molar-refractivity contribution in [1.82, 2.24) is 0 Å². The first-order valence-electron chi connectivity index (χ1n) is 7.46. The lowest BCUT2D eigenvalue weighted by molar-refractivity contribution is -2.00. The number of halogens is 3. The first kappa shape index (κ1) is 18.9. The molecular weight excluding hydrogens is 365 g/mol. The second kappa shape index (κ2) is 8.12. The van der Waals surface area contributed by atoms with Crippen LogP contribution in [0.4, 0.5) is 0 Å². The number of hydrogen-bond acceptors (Lipinski definition) is 4. The molecule has 1 atom stereocenters. The zero-order valence-electron chi connectivity index (χ0n) is 12.5. The molecule has 0 radical (unpaired) electrons. The van der Waals surface area contributed by atoms with Gasteiger partial charge in [0, 0.05) is 25.7 Å². The molecule has 1 unspecified atom stereocenters. The Kier molecular flexibility index (Phi) is 6.68. The summed E-state index contributed by atoms with van der Waals surface area (Å²) in [6, 6.07) is 6.53. The van der Waals surface area contributed by atoms with Crippen LogP contribution in [0.3, 0.4) is 0 Å². The summed E-state index contributed by atoms with van der Waals surface area (Å²) >= 11 is 12.7. The van der Waals surface area contributed by atoms with Crippen LogP contribution in [0.5, 0.6) is 0 Å². The molecule has 23 heavy (non-hydrogen) atoms. The lowest BCUT2D eigenvalue weighted by atomic mass is 9.91. The smallest absolute Gasteiger partial charge is 0.186 e. The molecule has 0 spiro atoms. The van der Waals surface area contributed by atoms with E-state index in [4.69, 9.17) is 41.8 Å². The maximum absolute atomic E-state index is 8.49. The van der Waals surface area contributed by atoms with E-state index in [0.29, 0.717) is 0 Å². The number of nitrogens with zero attached hydrogens (tertiary/aromatic N) is 1. The van der Waals surface area contributed by atoms with Gasteiger partial charge in [-0.25, -0.2) is 23.2 Å². The molecule has 2 aliphatic heterocycles. The Bertz CT molecular complexity index is 560. The van der Waals surface area contributed by atoms with Crippen molar-refractivity contribution in [3.63, 3.8) is 0 Å². The lowest BCUT2D eigenvalue weighted by Gasteiger charge is -2.27. The second-order valence-corrected chi connectivity index (χ2v) is 7.23. The van der Waals surface area contributed by atoms with Crippen LogP contribution in [-0.4, -0.2) is 22.9 Å². The van der Waals surface area contributed by atoms with Gasteiger partial charge in [0.25, 0.3) is 0 Å². The molecule has 1 aromatic rings. The van der Waals surface area contributed by atoms with Crippen molar-refractivity contribution in [2.45, 2.75) is 44.6 Å². The zero-order valence-corrected chi connectivity index (χ0v) is 14.7. The van der Waals surface area contributed by atoms with E-state index in [1.165, 1.54) is 44.4 Å². The predicted molar refractivity (Wildman–Crippen MR) is 77.2 cm³/mol. The molecule has 128 valence electrons. The first-order valence-corrected chi connectivity index (χ1v) is 9.45. The number of benzene rings is 1. The fourth-order valence-electron chi connectivity index (χ4n) is 3.35. The Morgan fingerprint density at radius 3 is 2.13 bits per heavy atom. The summed E-state index contributed by atoms with van der Waals surface area (Å²) in [6.07, 6.45) is 7.68. The summed E-state index contributed by atoms with van der Waals surface area (Å²) in [5, 5.41) is 1.59. The van der Waals surface area contributed by atoms with Gasteiger partial charge in [0.05, 0.1) is 15.6 Å². The fraction of sp³-hybridized carbons (Fsp3) is 0.533. The summed E-state index contributed by atoms with van der Waals surface area (Å²) in [7, 11) is -4.94. The Morgan fingerprint density at radius 1 is 0.957 bits per heavy atom. The van der Waals surface area contributed by atoms with Crippen molar-refractivity contribution in [3.8, 4) is 0 Å². The number of hydrogen-bond donors (Lipinski definition) is 0. The first-order chi connectivity index (χ1) is 10.8. The normalized spacial score (nSPS) is 21.4. The molecule has 5 nitrogen and oxygen atoms in total. The quantitative estimate of drug-likeness (QED) is 0.627. The average molecular weight is 383 g/mol. The van der Waals surface area contributed by atoms with Crippen molar-refractivity contribution in [2.75, 3.05) is 6.54 Å². The van der Waals surface area contributed by atoms with Gasteiger partial charge in [-0.15, -0.1) is 10.2 Å². The topological polar surface area (TPSA) is 95.2 Å². The van der Waals surface area contributed by atoms with Crippen LogP contribution in [0.2, 0.25) is 10.0 Å². The third-order valence-corrected chi connectivity index (χ3v) is 4.81. The molecule has 2 heterocycles. The van der Waals surface area contributed by atoms with Crippen molar-refractivity contribution >= 4 is 28.9 Å². The molecule has 8 heteroatoms. The molecule has 3 rings (SSSR count). The molecule has 0 N–H and O–H groups in total. The van der Waals surface area contributed by atoms with Gasteiger partial charge < -0.3 is 0 Å². The Hall–Kier alpha value is -0.400. The van der Waals surface area contributed by atoms with Crippen LogP contribution in [0.1, 0.15) is 44.1 Å². The van der Waals surface area contributed by atoms with Crippen molar-refractivity contribution in [1.29, 1.82) is 0 Å². The fourth-order valence-corrected chi connectivity index (χ4v) is 3.96. The third kappa shape index (κ3) is 5.57. The highest BCUT2D eigenvalue weighted by Gasteiger charge is 2.34. The summed E-state index contributed by atoms with van der Waals surface area (Å²) < 4.78 is 36.5. The number of piperidine rings is 1. The van der Waals surface area contributed by atoms with E-state index in [9.17, 15) is 0 Å². The van der Waals surface area contributed by atoms with Gasteiger partial charge in [-0.05, 0) is 25.0 Å². The van der Waals surface area contributed by atoms with Crippen molar-refractivity contribution < 1.29 is 33.5 Å². The molecule has 1 fully saturated rings. The monoisotopic (exact) mass is 381 g/mol. The van der Waals surface area contributed by atoms with Gasteiger partial charge in [-0.2, -0.15) is 0 Å². The van der Waals surface area contributed by atoms with Gasteiger partial charge in [-0.1, -0.05) is 29.3 Å². The third-order valence-electron chi connectivity index (χ3n) is 4.18. The Balaban J connectivity index is 0.000000338. The van der Waals surface area contributed by atoms with Crippen molar-refractivity contribution in [2.24, 2.45) is 0 Å². The zero-order chi connectivity index (χ0) is 17.0. The van der Waals surface area contributed by atoms with E-state index in [-0.39, 0.29) is 0 Å². The van der Waals surface area contributed by atoms with E-state index in [0.717, 1.165) is 28.1 Å². The minimum atomic E-state index is -4.94. The minimum Gasteiger partial charge on any atom is -0.230 e. The molecule has 1 saturated heterocycles. The highest BCUT2D eigenvalue weighted by Crippen LogP contribution is 2.31. The molecule has 0 saturated carbocycles. The highest BCUT2D eigenvalue weighted by molar-refractivity contribution is 6.39. The van der Waals surface area contributed by atoms with E-state index in [1.54, 1.807) is 0 Å². The summed E-state index contributed by atoms with van der Waals surface area (Å²) in [4.78, 5) is 0. The SMILES string of the molecule is Clc1cccc(Cl)c1C1=[N+]2CCCCC2CCC1.[O-][Cl+3]([O-])([O-])[O-]. The molecule has 0 amide bonds. The van der Waals surface area contributed by atoms with Crippen LogP contribution in [-0.2, 0) is 0 Å².